The summed E-state index contributed by atoms with van der Waals surface area (Å²) >= 11 is 0. The highest BCUT2D eigenvalue weighted by molar-refractivity contribution is 5.94. The number of carbonyl (C=O) groups excluding carboxylic acids is 2. The van der Waals surface area contributed by atoms with Gasteiger partial charge in [0.05, 0.1) is 17.7 Å². The molecule has 15 heteroatoms. The number of alkyl halides is 8. The maximum atomic E-state index is 13.5. The summed E-state index contributed by atoms with van der Waals surface area (Å²) in [4.78, 5) is 37.6. The number of anilines is 1. The van der Waals surface area contributed by atoms with Crippen LogP contribution in [0.1, 0.15) is 73.5 Å². The maximum absolute atomic E-state index is 13.5. The fraction of sp³-hybridized carbons (Fsp3) is 0.500. The number of amides is 3. The molecular formula is C30H33F8N3O4. The summed E-state index contributed by atoms with van der Waals surface area (Å²) in [6.45, 7) is 4.65. The third-order valence-electron chi connectivity index (χ3n) is 7.81. The topological polar surface area (TPSA) is 98.7 Å². The van der Waals surface area contributed by atoms with E-state index in [1.807, 2.05) is 5.32 Å². The Morgan fingerprint density at radius 3 is 1.78 bits per heavy atom. The molecule has 3 amide bonds. The molecule has 3 rings (SSSR count). The molecule has 1 aliphatic carbocycles. The zero-order valence-electron chi connectivity index (χ0n) is 24.6. The lowest BCUT2D eigenvalue weighted by Crippen LogP contribution is -2.45. The summed E-state index contributed by atoms with van der Waals surface area (Å²) in [6, 6.07) is 4.75. The van der Waals surface area contributed by atoms with Gasteiger partial charge in [-0.2, -0.15) is 35.1 Å². The predicted molar refractivity (Wildman–Crippen MR) is 148 cm³/mol. The first-order chi connectivity index (χ1) is 20.6. The van der Waals surface area contributed by atoms with Gasteiger partial charge in [-0.3, -0.25) is 4.79 Å². The average Bonchev–Trinajstić information content (AvgIpc) is 2.93. The highest BCUT2D eigenvalue weighted by Crippen LogP contribution is 2.40. The van der Waals surface area contributed by atoms with Crippen LogP contribution in [-0.4, -0.2) is 46.4 Å². The normalized spacial score (nSPS) is 17.8. The van der Waals surface area contributed by atoms with E-state index < -0.39 is 65.6 Å². The summed E-state index contributed by atoms with van der Waals surface area (Å²) in [7, 11) is 0. The lowest BCUT2D eigenvalue weighted by Gasteiger charge is -2.41. The summed E-state index contributed by atoms with van der Waals surface area (Å²) in [5, 5.41) is 12.5. The molecule has 2 aromatic carbocycles. The zero-order chi connectivity index (χ0) is 34.0. The molecule has 3 N–H and O–H groups in total. The number of urea groups is 1. The largest absolute Gasteiger partial charge is 0.477 e. The number of carboxylic acid groups (broad SMARTS) is 1. The summed E-state index contributed by atoms with van der Waals surface area (Å²) in [5.41, 5.74) is -3.55. The van der Waals surface area contributed by atoms with Crippen LogP contribution < -0.4 is 10.6 Å². The van der Waals surface area contributed by atoms with Gasteiger partial charge in [-0.15, -0.1) is 0 Å². The number of benzene rings is 2. The van der Waals surface area contributed by atoms with Gasteiger partial charge in [0, 0.05) is 23.8 Å². The standard InChI is InChI=1S/C30H33F8N3O4/c1-27(2,3)19-8-10-23(11-9-19)41(15-17-4-6-18(7-5-17)24(42)39-16-28(31,32)25(43)44)26(45)40-22-13-20(29(33,34)35)12-21(14-22)30(36,37)38/h4-7,12-14,19,23H,8-11,15-16H2,1-3H3,(H,39,42)(H,40,45)(H,43,44). The van der Waals surface area contributed by atoms with E-state index in [1.165, 1.54) is 29.2 Å². The number of nitrogens with one attached hydrogen (secondary N) is 2. The zero-order valence-corrected chi connectivity index (χ0v) is 24.6. The Hall–Kier alpha value is -3.91. The Balaban J connectivity index is 1.86. The quantitative estimate of drug-likeness (QED) is 0.254. The number of halogens is 8. The van der Waals surface area contributed by atoms with Gasteiger partial charge in [-0.05, 0) is 72.9 Å². The molecule has 248 valence electrons. The average molecular weight is 652 g/mol. The first kappa shape index (κ1) is 35.6. The van der Waals surface area contributed by atoms with Crippen molar-refractivity contribution in [3.8, 4) is 0 Å². The van der Waals surface area contributed by atoms with Crippen molar-refractivity contribution >= 4 is 23.6 Å². The molecule has 0 bridgehead atoms. The smallest absolute Gasteiger partial charge is 0.416 e. The molecule has 0 unspecified atom stereocenters. The first-order valence-electron chi connectivity index (χ1n) is 13.9. The number of carbonyl (C=O) groups is 3. The third-order valence-corrected chi connectivity index (χ3v) is 7.81. The summed E-state index contributed by atoms with van der Waals surface area (Å²) in [5.74, 6) is -7.26. The second-order valence-electron chi connectivity index (χ2n) is 12.1. The monoisotopic (exact) mass is 651 g/mol. The fourth-order valence-corrected chi connectivity index (χ4v) is 5.17. The Labute approximate surface area is 254 Å². The van der Waals surface area contributed by atoms with E-state index in [4.69, 9.17) is 5.11 Å². The molecular weight excluding hydrogens is 618 g/mol. The van der Waals surface area contributed by atoms with Gasteiger partial charge >= 0.3 is 30.3 Å². The minimum absolute atomic E-state index is 0.0189. The van der Waals surface area contributed by atoms with Crippen LogP contribution in [0, 0.1) is 11.3 Å². The van der Waals surface area contributed by atoms with Crippen molar-refractivity contribution in [2.24, 2.45) is 11.3 Å². The number of carboxylic acids is 1. The molecule has 0 aliphatic heterocycles. The van der Waals surface area contributed by atoms with E-state index in [9.17, 15) is 49.5 Å². The van der Waals surface area contributed by atoms with E-state index in [0.29, 0.717) is 36.5 Å². The fourth-order valence-electron chi connectivity index (χ4n) is 5.17. The minimum Gasteiger partial charge on any atom is -0.477 e. The van der Waals surface area contributed by atoms with Gasteiger partial charge in [0.2, 0.25) is 0 Å². The van der Waals surface area contributed by atoms with Crippen LogP contribution >= 0.6 is 0 Å². The molecule has 45 heavy (non-hydrogen) atoms. The molecule has 1 saturated carbocycles. The van der Waals surface area contributed by atoms with Crippen molar-refractivity contribution in [3.63, 3.8) is 0 Å². The molecule has 0 aromatic heterocycles. The van der Waals surface area contributed by atoms with Crippen LogP contribution in [0.5, 0.6) is 0 Å². The summed E-state index contributed by atoms with van der Waals surface area (Å²) < 4.78 is 107. The van der Waals surface area contributed by atoms with Gasteiger partial charge < -0.3 is 20.6 Å². The van der Waals surface area contributed by atoms with Crippen LogP contribution in [0.3, 0.4) is 0 Å². The minimum atomic E-state index is -5.11. The molecule has 0 saturated heterocycles. The van der Waals surface area contributed by atoms with Crippen LogP contribution in [0.15, 0.2) is 42.5 Å². The first-order valence-corrected chi connectivity index (χ1v) is 13.9. The summed E-state index contributed by atoms with van der Waals surface area (Å²) in [6.07, 6.45) is -7.74. The number of nitrogens with zero attached hydrogens (tertiary/aromatic N) is 1. The van der Waals surface area contributed by atoms with Gasteiger partial charge in [-0.1, -0.05) is 32.9 Å². The molecule has 0 atom stereocenters. The van der Waals surface area contributed by atoms with E-state index >= 15 is 0 Å². The number of hydrogen-bond donors (Lipinski definition) is 3. The van der Waals surface area contributed by atoms with Crippen LogP contribution in [0.4, 0.5) is 45.6 Å². The Morgan fingerprint density at radius 2 is 1.33 bits per heavy atom. The van der Waals surface area contributed by atoms with E-state index in [1.54, 1.807) is 0 Å². The van der Waals surface area contributed by atoms with Crippen molar-refractivity contribution in [3.05, 3.63) is 64.7 Å². The highest BCUT2D eigenvalue weighted by atomic mass is 19.4. The van der Waals surface area contributed by atoms with Gasteiger partial charge in [0.1, 0.15) is 0 Å². The molecule has 1 fully saturated rings. The number of aliphatic carboxylic acids is 1. The number of hydrogen-bond acceptors (Lipinski definition) is 3. The van der Waals surface area contributed by atoms with E-state index in [-0.39, 0.29) is 23.6 Å². The second kappa shape index (κ2) is 13.2. The Morgan fingerprint density at radius 1 is 0.822 bits per heavy atom. The van der Waals surface area contributed by atoms with Crippen LogP contribution in [0.2, 0.25) is 0 Å². The maximum Gasteiger partial charge on any atom is 0.416 e. The lowest BCUT2D eigenvalue weighted by molar-refractivity contribution is -0.163. The van der Waals surface area contributed by atoms with Crippen molar-refractivity contribution in [1.29, 1.82) is 0 Å². The van der Waals surface area contributed by atoms with Gasteiger partial charge in [-0.25, -0.2) is 9.59 Å². The van der Waals surface area contributed by atoms with E-state index in [2.05, 4.69) is 26.1 Å². The molecule has 7 nitrogen and oxygen atoms in total. The van der Waals surface area contributed by atoms with Crippen molar-refractivity contribution in [1.82, 2.24) is 10.2 Å². The Kier molecular flexibility index (Phi) is 10.4. The predicted octanol–water partition coefficient (Wildman–Crippen LogP) is 7.81. The second-order valence-corrected chi connectivity index (χ2v) is 12.1. The third kappa shape index (κ3) is 9.54. The molecule has 0 spiro atoms. The van der Waals surface area contributed by atoms with Crippen molar-refractivity contribution in [2.75, 3.05) is 11.9 Å². The van der Waals surface area contributed by atoms with Crippen molar-refractivity contribution < 1.29 is 54.6 Å². The lowest BCUT2D eigenvalue weighted by atomic mass is 9.71. The molecule has 0 radical (unpaired) electrons. The Bertz CT molecular complexity index is 1350. The number of rotatable bonds is 8. The van der Waals surface area contributed by atoms with Crippen molar-refractivity contribution in [2.45, 2.75) is 77.3 Å². The highest BCUT2D eigenvalue weighted by Gasteiger charge is 2.40. The van der Waals surface area contributed by atoms with Gasteiger partial charge in [0.25, 0.3) is 5.91 Å². The van der Waals surface area contributed by atoms with Gasteiger partial charge in [0.15, 0.2) is 0 Å². The molecule has 1 aliphatic rings. The van der Waals surface area contributed by atoms with Crippen LogP contribution in [0.25, 0.3) is 0 Å². The molecule has 2 aromatic rings. The van der Waals surface area contributed by atoms with E-state index in [0.717, 1.165) is 12.8 Å². The SMILES string of the molecule is CC(C)(C)C1CCC(N(Cc2ccc(C(=O)NCC(F)(F)C(=O)O)cc2)C(=O)Nc2cc(C(F)(F)F)cc(C(F)(F)F)c2)CC1. The van der Waals surface area contributed by atoms with Crippen LogP contribution in [-0.2, 0) is 23.7 Å². The molecule has 0 heterocycles.